The van der Waals surface area contributed by atoms with Crippen LogP contribution in [0.1, 0.15) is 34.1 Å². The highest BCUT2D eigenvalue weighted by Gasteiger charge is 2.20. The Morgan fingerprint density at radius 2 is 1.85 bits per heavy atom. The molecule has 0 aromatic rings. The summed E-state index contributed by atoms with van der Waals surface area (Å²) in [5.41, 5.74) is 4.87. The average molecular weight is 187 g/mol. The Bertz CT molecular complexity index is 205. The molecule has 0 radical (unpaired) electrons. The second kappa shape index (κ2) is 4.37. The van der Waals surface area contributed by atoms with Gasteiger partial charge in [-0.15, -0.1) is 0 Å². The topological polar surface area (TPSA) is 69.4 Å². The van der Waals surface area contributed by atoms with Gasteiger partial charge < -0.3 is 10.5 Å². The van der Waals surface area contributed by atoms with Crippen LogP contribution in [0.5, 0.6) is 0 Å². The number of carbonyl (C=O) groups excluding carboxylic acids is 2. The largest absolute Gasteiger partial charge is 0.460 e. The second-order valence-corrected chi connectivity index (χ2v) is 4.01. The number of ketones is 1. The zero-order chi connectivity index (χ0) is 10.6. The molecule has 0 aliphatic heterocycles. The summed E-state index contributed by atoms with van der Waals surface area (Å²) >= 11 is 0. The number of nitrogens with two attached hydrogens (primary N) is 1. The van der Waals surface area contributed by atoms with E-state index in [0.29, 0.717) is 0 Å². The molecule has 4 heteroatoms. The van der Waals surface area contributed by atoms with Crippen LogP contribution in [0, 0.1) is 0 Å². The van der Waals surface area contributed by atoms with Gasteiger partial charge in [-0.25, -0.2) is 0 Å². The minimum Gasteiger partial charge on any atom is -0.460 e. The van der Waals surface area contributed by atoms with Gasteiger partial charge in [0.1, 0.15) is 11.4 Å². The van der Waals surface area contributed by atoms with Gasteiger partial charge in [-0.1, -0.05) is 0 Å². The third kappa shape index (κ3) is 6.28. The van der Waals surface area contributed by atoms with E-state index in [1.165, 1.54) is 6.92 Å². The summed E-state index contributed by atoms with van der Waals surface area (Å²) in [6.07, 6.45) is -0.0490. The number of Topliss-reactive ketones (excluding diaryl/α,β-unsaturated/α-hetero) is 1. The van der Waals surface area contributed by atoms with Crippen LogP contribution >= 0.6 is 0 Å². The lowest BCUT2D eigenvalue weighted by molar-refractivity contribution is -0.156. The quantitative estimate of drug-likeness (QED) is 0.658. The molecule has 0 spiro atoms. The maximum Gasteiger partial charge on any atom is 0.308 e. The van der Waals surface area contributed by atoms with Crippen molar-refractivity contribution in [3.63, 3.8) is 0 Å². The van der Waals surface area contributed by atoms with Crippen LogP contribution < -0.4 is 5.73 Å². The molecule has 0 heterocycles. The minimum atomic E-state index is -0.741. The average Bonchev–Trinajstić information content (AvgIpc) is 1.81. The molecule has 2 N–H and O–H groups in total. The highest BCUT2D eigenvalue weighted by atomic mass is 16.6. The number of rotatable bonds is 3. The predicted octanol–water partition coefficient (Wildman–Crippen LogP) is 0.634. The second-order valence-electron chi connectivity index (χ2n) is 4.01. The molecule has 1 atom stereocenters. The van der Waals surface area contributed by atoms with Gasteiger partial charge in [-0.2, -0.15) is 0 Å². The number of ether oxygens (including phenoxy) is 1. The first-order valence-electron chi connectivity index (χ1n) is 4.20. The molecule has 0 aromatic heterocycles. The van der Waals surface area contributed by atoms with Crippen LogP contribution in [0.15, 0.2) is 0 Å². The summed E-state index contributed by atoms with van der Waals surface area (Å²) in [6, 6.07) is -0.741. The maximum atomic E-state index is 11.1. The Hall–Kier alpha value is -0.900. The van der Waals surface area contributed by atoms with E-state index in [1.54, 1.807) is 20.8 Å². The van der Waals surface area contributed by atoms with Gasteiger partial charge in [0.25, 0.3) is 0 Å². The molecule has 13 heavy (non-hydrogen) atoms. The molecule has 1 unspecified atom stereocenters. The van der Waals surface area contributed by atoms with E-state index < -0.39 is 17.6 Å². The van der Waals surface area contributed by atoms with Crippen LogP contribution in [0.25, 0.3) is 0 Å². The first-order chi connectivity index (χ1) is 5.72. The van der Waals surface area contributed by atoms with E-state index in [2.05, 4.69) is 0 Å². The molecule has 0 bridgehead atoms. The van der Waals surface area contributed by atoms with Gasteiger partial charge in [-0.3, -0.25) is 9.59 Å². The van der Waals surface area contributed by atoms with E-state index in [0.717, 1.165) is 0 Å². The Morgan fingerprint density at radius 3 is 2.15 bits per heavy atom. The van der Waals surface area contributed by atoms with Gasteiger partial charge in [0, 0.05) is 0 Å². The monoisotopic (exact) mass is 187 g/mol. The normalized spacial score (nSPS) is 13.6. The molecule has 0 saturated carbocycles. The Balaban J connectivity index is 3.96. The molecule has 0 aliphatic rings. The third-order valence-corrected chi connectivity index (χ3v) is 1.33. The van der Waals surface area contributed by atoms with Crippen LogP contribution in [0.2, 0.25) is 0 Å². The summed E-state index contributed by atoms with van der Waals surface area (Å²) in [5, 5.41) is 0. The van der Waals surface area contributed by atoms with Crippen molar-refractivity contribution in [3.05, 3.63) is 0 Å². The zero-order valence-corrected chi connectivity index (χ0v) is 8.59. The van der Waals surface area contributed by atoms with Crippen molar-refractivity contribution in [1.82, 2.24) is 0 Å². The number of esters is 1. The molecule has 76 valence electrons. The lowest BCUT2D eigenvalue weighted by atomic mass is 10.1. The number of hydrogen-bond acceptors (Lipinski definition) is 4. The smallest absolute Gasteiger partial charge is 0.308 e. The Labute approximate surface area is 78.4 Å². The molecular formula is C9H17NO3. The van der Waals surface area contributed by atoms with E-state index in [4.69, 9.17) is 10.5 Å². The maximum absolute atomic E-state index is 11.1. The molecule has 0 aromatic carbocycles. The van der Waals surface area contributed by atoms with Crippen LogP contribution in [0.3, 0.4) is 0 Å². The van der Waals surface area contributed by atoms with Crippen LogP contribution in [-0.2, 0) is 14.3 Å². The van der Waals surface area contributed by atoms with Crippen molar-refractivity contribution in [2.45, 2.75) is 45.8 Å². The fourth-order valence-corrected chi connectivity index (χ4v) is 0.706. The molecule has 0 rings (SSSR count). The van der Waals surface area contributed by atoms with Crippen LogP contribution in [0.4, 0.5) is 0 Å². The van der Waals surface area contributed by atoms with Gasteiger partial charge >= 0.3 is 5.97 Å². The van der Waals surface area contributed by atoms with Crippen molar-refractivity contribution >= 4 is 11.8 Å². The highest BCUT2D eigenvalue weighted by Crippen LogP contribution is 2.08. The van der Waals surface area contributed by atoms with Crippen molar-refractivity contribution in [2.24, 2.45) is 5.73 Å². The molecule has 0 aliphatic carbocycles. The molecule has 0 saturated heterocycles. The van der Waals surface area contributed by atoms with Crippen LogP contribution in [-0.4, -0.2) is 23.4 Å². The molecular weight excluding hydrogens is 170 g/mol. The molecule has 0 amide bonds. The van der Waals surface area contributed by atoms with Crippen molar-refractivity contribution in [3.8, 4) is 0 Å². The lowest BCUT2D eigenvalue weighted by Gasteiger charge is -2.20. The van der Waals surface area contributed by atoms with E-state index in [-0.39, 0.29) is 12.2 Å². The lowest BCUT2D eigenvalue weighted by Crippen LogP contribution is -2.34. The van der Waals surface area contributed by atoms with Crippen molar-refractivity contribution in [1.29, 1.82) is 0 Å². The van der Waals surface area contributed by atoms with Gasteiger partial charge in [0.2, 0.25) is 0 Å². The number of hydrogen-bond donors (Lipinski definition) is 1. The summed E-state index contributed by atoms with van der Waals surface area (Å²) in [5.74, 6) is -0.638. The van der Waals surface area contributed by atoms with Crippen molar-refractivity contribution < 1.29 is 14.3 Å². The SMILES string of the molecule is CC(=O)C(N)CC(=O)OC(C)(C)C. The fourth-order valence-electron chi connectivity index (χ4n) is 0.706. The Kier molecular flexibility index (Phi) is 4.07. The molecule has 0 fully saturated rings. The summed E-state index contributed by atoms with van der Waals surface area (Å²) in [4.78, 5) is 21.8. The summed E-state index contributed by atoms with van der Waals surface area (Å²) in [7, 11) is 0. The van der Waals surface area contributed by atoms with Gasteiger partial charge in [0.05, 0.1) is 12.5 Å². The summed E-state index contributed by atoms with van der Waals surface area (Å²) in [6.45, 7) is 6.66. The zero-order valence-electron chi connectivity index (χ0n) is 8.59. The van der Waals surface area contributed by atoms with Crippen molar-refractivity contribution in [2.75, 3.05) is 0 Å². The first kappa shape index (κ1) is 12.1. The standard InChI is InChI=1S/C9H17NO3/c1-6(11)7(10)5-8(12)13-9(2,3)4/h7H,5,10H2,1-4H3. The van der Waals surface area contributed by atoms with Gasteiger partial charge in [-0.05, 0) is 27.7 Å². The van der Waals surface area contributed by atoms with Gasteiger partial charge in [0.15, 0.2) is 0 Å². The first-order valence-corrected chi connectivity index (χ1v) is 4.20. The molecule has 4 nitrogen and oxygen atoms in total. The van der Waals surface area contributed by atoms with E-state index in [1.807, 2.05) is 0 Å². The predicted molar refractivity (Wildman–Crippen MR) is 49.1 cm³/mol. The van der Waals surface area contributed by atoms with E-state index in [9.17, 15) is 9.59 Å². The third-order valence-electron chi connectivity index (χ3n) is 1.33. The highest BCUT2D eigenvalue weighted by molar-refractivity contribution is 5.86. The fraction of sp³-hybridized carbons (Fsp3) is 0.778. The minimum absolute atomic E-state index is 0.0490. The van der Waals surface area contributed by atoms with E-state index >= 15 is 0 Å². The number of carbonyl (C=O) groups is 2. The summed E-state index contributed by atoms with van der Waals surface area (Å²) < 4.78 is 4.99. The Morgan fingerprint density at radius 1 is 1.38 bits per heavy atom.